The van der Waals surface area contributed by atoms with Gasteiger partial charge in [0.2, 0.25) is 11.3 Å². The predicted molar refractivity (Wildman–Crippen MR) is 123 cm³/mol. The largest absolute Gasteiger partial charge is 0.336 e. The fourth-order valence-corrected chi connectivity index (χ4v) is 3.96. The lowest BCUT2D eigenvalue weighted by atomic mass is 9.96. The van der Waals surface area contributed by atoms with Gasteiger partial charge in [0.1, 0.15) is 0 Å². The molecule has 32 heavy (non-hydrogen) atoms. The van der Waals surface area contributed by atoms with Gasteiger partial charge in [0.25, 0.3) is 5.91 Å². The molecule has 8 heteroatoms. The number of likely N-dealkylation sites (tertiary alicyclic amines) is 1. The molecule has 2 heterocycles. The zero-order valence-electron chi connectivity index (χ0n) is 17.6. The van der Waals surface area contributed by atoms with E-state index >= 15 is 0 Å². The fraction of sp³-hybridized carbons (Fsp3) is 0.250. The summed E-state index contributed by atoms with van der Waals surface area (Å²) in [7, 11) is 0. The van der Waals surface area contributed by atoms with Crippen LogP contribution in [0.25, 0.3) is 5.69 Å². The van der Waals surface area contributed by atoms with Crippen LogP contribution in [0, 0.1) is 12.8 Å². The summed E-state index contributed by atoms with van der Waals surface area (Å²) in [5.74, 6) is -0.948. The van der Waals surface area contributed by atoms with E-state index in [0.29, 0.717) is 41.5 Å². The lowest BCUT2D eigenvalue weighted by molar-refractivity contribution is -0.121. The van der Waals surface area contributed by atoms with Crippen LogP contribution in [0.5, 0.6) is 0 Å². The highest BCUT2D eigenvalue weighted by Gasteiger charge is 2.31. The summed E-state index contributed by atoms with van der Waals surface area (Å²) in [4.78, 5) is 40.0. The van der Waals surface area contributed by atoms with Gasteiger partial charge in [0.15, 0.2) is 5.69 Å². The maximum Gasteiger partial charge on any atom is 0.278 e. The van der Waals surface area contributed by atoms with E-state index in [0.717, 1.165) is 0 Å². The van der Waals surface area contributed by atoms with Crippen molar-refractivity contribution in [2.45, 2.75) is 19.8 Å². The summed E-state index contributed by atoms with van der Waals surface area (Å²) >= 11 is 5.96. The molecule has 1 unspecified atom stereocenters. The Morgan fingerprint density at radius 2 is 1.81 bits per heavy atom. The summed E-state index contributed by atoms with van der Waals surface area (Å²) in [6.07, 6.45) is 1.36. The molecule has 0 spiro atoms. The van der Waals surface area contributed by atoms with Crippen LogP contribution in [-0.2, 0) is 4.79 Å². The Labute approximate surface area is 190 Å². The quantitative estimate of drug-likeness (QED) is 0.657. The van der Waals surface area contributed by atoms with E-state index in [1.54, 1.807) is 40.8 Å². The number of amides is 2. The van der Waals surface area contributed by atoms with Gasteiger partial charge in [0.05, 0.1) is 11.6 Å². The third kappa shape index (κ3) is 4.73. The van der Waals surface area contributed by atoms with Crippen molar-refractivity contribution in [1.82, 2.24) is 14.7 Å². The molecule has 0 bridgehead atoms. The number of benzene rings is 2. The molecule has 0 saturated carbocycles. The summed E-state index contributed by atoms with van der Waals surface area (Å²) in [6.45, 7) is 2.47. The highest BCUT2D eigenvalue weighted by Crippen LogP contribution is 2.20. The van der Waals surface area contributed by atoms with Crippen molar-refractivity contribution in [1.29, 1.82) is 0 Å². The fourth-order valence-electron chi connectivity index (χ4n) is 3.83. The van der Waals surface area contributed by atoms with Gasteiger partial charge in [-0.15, -0.1) is 0 Å². The molecule has 1 saturated heterocycles. The van der Waals surface area contributed by atoms with Crippen LogP contribution in [0.3, 0.4) is 0 Å². The topological polar surface area (TPSA) is 84.3 Å². The molecule has 1 aliphatic rings. The van der Waals surface area contributed by atoms with Crippen LogP contribution in [0.4, 0.5) is 5.69 Å². The van der Waals surface area contributed by atoms with Gasteiger partial charge in [-0.3, -0.25) is 14.4 Å². The molecule has 0 aliphatic carbocycles. The number of aryl methyl sites for hydroxylation is 1. The van der Waals surface area contributed by atoms with Crippen molar-refractivity contribution >= 4 is 29.1 Å². The van der Waals surface area contributed by atoms with E-state index in [9.17, 15) is 14.4 Å². The van der Waals surface area contributed by atoms with Crippen molar-refractivity contribution in [2.24, 2.45) is 5.92 Å². The number of hydrogen-bond acceptors (Lipinski definition) is 4. The molecule has 1 fully saturated rings. The Kier molecular flexibility index (Phi) is 6.37. The van der Waals surface area contributed by atoms with Crippen LogP contribution >= 0.6 is 11.6 Å². The molecule has 1 aliphatic heterocycles. The van der Waals surface area contributed by atoms with Crippen molar-refractivity contribution in [2.75, 3.05) is 18.4 Å². The van der Waals surface area contributed by atoms with E-state index in [4.69, 9.17) is 11.6 Å². The van der Waals surface area contributed by atoms with Crippen molar-refractivity contribution in [3.05, 3.63) is 87.3 Å². The van der Waals surface area contributed by atoms with Gasteiger partial charge < -0.3 is 10.2 Å². The Balaban J connectivity index is 1.54. The van der Waals surface area contributed by atoms with E-state index in [-0.39, 0.29) is 24.1 Å². The Bertz CT molecular complexity index is 1190. The third-order valence-corrected chi connectivity index (χ3v) is 5.75. The molecule has 164 valence electrons. The SMILES string of the molecule is Cc1cc(=O)c(C(=O)N2CCCC(C(=O)Nc3ccccc3)C2)nn1-c1ccc(Cl)cc1. The van der Waals surface area contributed by atoms with Gasteiger partial charge in [-0.05, 0) is 56.2 Å². The molecule has 1 N–H and O–H groups in total. The third-order valence-electron chi connectivity index (χ3n) is 5.50. The van der Waals surface area contributed by atoms with Gasteiger partial charge >= 0.3 is 0 Å². The lowest BCUT2D eigenvalue weighted by Gasteiger charge is -2.31. The monoisotopic (exact) mass is 450 g/mol. The molecule has 1 aromatic heterocycles. The predicted octanol–water partition coefficient (Wildman–Crippen LogP) is 3.69. The number of hydrogen-bond donors (Lipinski definition) is 1. The summed E-state index contributed by atoms with van der Waals surface area (Å²) in [5, 5.41) is 7.83. The van der Waals surface area contributed by atoms with Gasteiger partial charge in [-0.1, -0.05) is 29.8 Å². The lowest BCUT2D eigenvalue weighted by Crippen LogP contribution is -2.45. The molecule has 0 radical (unpaired) electrons. The number of aromatic nitrogens is 2. The second-order valence-electron chi connectivity index (χ2n) is 7.83. The van der Waals surface area contributed by atoms with Gasteiger partial charge in [0, 0.05) is 35.6 Å². The normalized spacial score (nSPS) is 15.9. The van der Waals surface area contributed by atoms with Crippen molar-refractivity contribution in [3.8, 4) is 5.69 Å². The number of nitrogens with one attached hydrogen (secondary N) is 1. The zero-order chi connectivity index (χ0) is 22.7. The standard InChI is InChI=1S/C24H23ClN4O3/c1-16-14-21(30)22(27-29(16)20-11-9-18(25)10-12-20)24(32)28-13-5-6-17(15-28)23(31)26-19-7-3-2-4-8-19/h2-4,7-12,14,17H,5-6,13,15H2,1H3,(H,26,31). The van der Waals surface area contributed by atoms with E-state index in [2.05, 4.69) is 10.4 Å². The molecular weight excluding hydrogens is 428 g/mol. The average Bonchev–Trinajstić information content (AvgIpc) is 2.80. The van der Waals surface area contributed by atoms with E-state index < -0.39 is 11.3 Å². The molecule has 3 aromatic rings. The van der Waals surface area contributed by atoms with Crippen LogP contribution in [-0.4, -0.2) is 39.6 Å². The number of carbonyl (C=O) groups excluding carboxylic acids is 2. The number of para-hydroxylation sites is 1. The van der Waals surface area contributed by atoms with Gasteiger partial charge in [-0.2, -0.15) is 5.10 Å². The van der Waals surface area contributed by atoms with Gasteiger partial charge in [-0.25, -0.2) is 4.68 Å². The highest BCUT2D eigenvalue weighted by molar-refractivity contribution is 6.30. The second-order valence-corrected chi connectivity index (χ2v) is 8.27. The van der Waals surface area contributed by atoms with Crippen LogP contribution in [0.15, 0.2) is 65.5 Å². The maximum absolute atomic E-state index is 13.2. The van der Waals surface area contributed by atoms with Crippen molar-refractivity contribution in [3.63, 3.8) is 0 Å². The molecule has 2 amide bonds. The average molecular weight is 451 g/mol. The molecular formula is C24H23ClN4O3. The van der Waals surface area contributed by atoms with Crippen LogP contribution in [0.1, 0.15) is 29.0 Å². The highest BCUT2D eigenvalue weighted by atomic mass is 35.5. The minimum Gasteiger partial charge on any atom is -0.336 e. The number of carbonyl (C=O) groups is 2. The minimum atomic E-state index is -0.463. The van der Waals surface area contributed by atoms with E-state index in [1.807, 2.05) is 30.3 Å². The number of halogens is 1. The first-order valence-corrected chi connectivity index (χ1v) is 10.8. The van der Waals surface area contributed by atoms with Crippen molar-refractivity contribution < 1.29 is 9.59 Å². The number of anilines is 1. The summed E-state index contributed by atoms with van der Waals surface area (Å²) < 4.78 is 1.55. The van der Waals surface area contributed by atoms with E-state index in [1.165, 1.54) is 6.07 Å². The number of nitrogens with zero attached hydrogens (tertiary/aromatic N) is 3. The molecule has 4 rings (SSSR count). The Morgan fingerprint density at radius 1 is 1.09 bits per heavy atom. The van der Waals surface area contributed by atoms with Crippen LogP contribution in [0.2, 0.25) is 5.02 Å². The molecule has 7 nitrogen and oxygen atoms in total. The first-order valence-electron chi connectivity index (χ1n) is 10.4. The second kappa shape index (κ2) is 9.36. The molecule has 2 aromatic carbocycles. The zero-order valence-corrected chi connectivity index (χ0v) is 18.4. The van der Waals surface area contributed by atoms with Crippen LogP contribution < -0.4 is 10.7 Å². The number of piperidine rings is 1. The molecule has 1 atom stereocenters. The summed E-state index contributed by atoms with van der Waals surface area (Å²) in [5.41, 5.74) is 1.42. The number of rotatable bonds is 4. The Hall–Kier alpha value is -3.45. The summed E-state index contributed by atoms with van der Waals surface area (Å²) in [6, 6.07) is 17.6. The minimum absolute atomic E-state index is 0.135. The first kappa shape index (κ1) is 21.8. The smallest absolute Gasteiger partial charge is 0.278 e. The Morgan fingerprint density at radius 3 is 2.53 bits per heavy atom. The first-order chi connectivity index (χ1) is 15.4. The maximum atomic E-state index is 13.2.